The largest absolute Gasteiger partial charge is 0.494 e. The Bertz CT molecular complexity index is 1150. The molecule has 0 unspecified atom stereocenters. The SMILES string of the molecule is CCOc1ccc(-n2nnnc2SCC(=O)Nc2ccc(Oc3ccccc3)cc2)cc1. The average Bonchev–Trinajstić information content (AvgIpc) is 3.29. The van der Waals surface area contributed by atoms with E-state index in [1.54, 1.807) is 16.8 Å². The van der Waals surface area contributed by atoms with Crippen molar-refractivity contribution in [3.05, 3.63) is 78.9 Å². The molecule has 0 radical (unpaired) electrons. The lowest BCUT2D eigenvalue weighted by molar-refractivity contribution is -0.113. The van der Waals surface area contributed by atoms with E-state index in [0.717, 1.165) is 17.2 Å². The van der Waals surface area contributed by atoms with Crippen molar-refractivity contribution in [1.29, 1.82) is 0 Å². The zero-order chi connectivity index (χ0) is 22.2. The second kappa shape index (κ2) is 10.5. The van der Waals surface area contributed by atoms with E-state index in [1.807, 2.05) is 73.7 Å². The lowest BCUT2D eigenvalue weighted by atomic mass is 10.3. The molecule has 9 heteroatoms. The summed E-state index contributed by atoms with van der Waals surface area (Å²) in [6.07, 6.45) is 0. The molecular formula is C23H21N5O3S. The standard InChI is InChI=1S/C23H21N5O3S/c1-2-30-19-14-10-18(11-15-19)28-23(25-26-27-28)32-16-22(29)24-17-8-12-21(13-9-17)31-20-6-4-3-5-7-20/h3-15H,2,16H2,1H3,(H,24,29). The molecule has 1 heterocycles. The molecule has 0 saturated heterocycles. The van der Waals surface area contributed by atoms with E-state index < -0.39 is 0 Å². The number of carbonyl (C=O) groups excluding carboxylic acids is 1. The molecule has 0 atom stereocenters. The fourth-order valence-corrected chi connectivity index (χ4v) is 3.53. The summed E-state index contributed by atoms with van der Waals surface area (Å²) in [7, 11) is 0. The highest BCUT2D eigenvalue weighted by molar-refractivity contribution is 7.99. The summed E-state index contributed by atoms with van der Waals surface area (Å²) < 4.78 is 12.8. The third-order valence-corrected chi connectivity index (χ3v) is 5.20. The number of amides is 1. The third kappa shape index (κ3) is 5.64. The van der Waals surface area contributed by atoms with Gasteiger partial charge in [-0.05, 0) is 78.0 Å². The van der Waals surface area contributed by atoms with Gasteiger partial charge in [-0.25, -0.2) is 0 Å². The van der Waals surface area contributed by atoms with Gasteiger partial charge >= 0.3 is 0 Å². The number of tetrazole rings is 1. The van der Waals surface area contributed by atoms with Crippen LogP contribution in [0.1, 0.15) is 6.92 Å². The van der Waals surface area contributed by atoms with E-state index >= 15 is 0 Å². The van der Waals surface area contributed by atoms with Gasteiger partial charge in [0.05, 0.1) is 18.0 Å². The fraction of sp³-hybridized carbons (Fsp3) is 0.130. The Morgan fingerprint density at radius 2 is 1.62 bits per heavy atom. The number of anilines is 1. The van der Waals surface area contributed by atoms with Crippen molar-refractivity contribution in [3.8, 4) is 22.9 Å². The number of carbonyl (C=O) groups is 1. The van der Waals surface area contributed by atoms with E-state index in [9.17, 15) is 4.79 Å². The maximum atomic E-state index is 12.4. The van der Waals surface area contributed by atoms with Gasteiger partial charge in [-0.2, -0.15) is 4.68 Å². The van der Waals surface area contributed by atoms with Crippen molar-refractivity contribution < 1.29 is 14.3 Å². The van der Waals surface area contributed by atoms with E-state index in [2.05, 4.69) is 20.8 Å². The van der Waals surface area contributed by atoms with Crippen LogP contribution in [0, 0.1) is 0 Å². The molecule has 0 spiro atoms. The van der Waals surface area contributed by atoms with Gasteiger partial charge in [0, 0.05) is 5.69 Å². The number of hydrogen-bond acceptors (Lipinski definition) is 7. The maximum Gasteiger partial charge on any atom is 0.234 e. The topological polar surface area (TPSA) is 91.2 Å². The van der Waals surface area contributed by atoms with Crippen LogP contribution in [0.2, 0.25) is 0 Å². The Kier molecular flexibility index (Phi) is 6.98. The summed E-state index contributed by atoms with van der Waals surface area (Å²) in [6, 6.07) is 24.2. The molecule has 0 aliphatic rings. The van der Waals surface area contributed by atoms with E-state index in [0.29, 0.717) is 23.2 Å². The number of nitrogens with zero attached hydrogens (tertiary/aromatic N) is 4. The number of nitrogens with one attached hydrogen (secondary N) is 1. The Labute approximate surface area is 189 Å². The number of para-hydroxylation sites is 1. The molecule has 0 saturated carbocycles. The van der Waals surface area contributed by atoms with Crippen LogP contribution in [0.5, 0.6) is 17.2 Å². The van der Waals surface area contributed by atoms with Gasteiger partial charge < -0.3 is 14.8 Å². The third-order valence-electron chi connectivity index (χ3n) is 4.28. The predicted molar refractivity (Wildman–Crippen MR) is 123 cm³/mol. The first-order valence-corrected chi connectivity index (χ1v) is 11.0. The van der Waals surface area contributed by atoms with Crippen LogP contribution >= 0.6 is 11.8 Å². The highest BCUT2D eigenvalue weighted by Crippen LogP contribution is 2.24. The van der Waals surface area contributed by atoms with Crippen molar-refractivity contribution in [1.82, 2.24) is 20.2 Å². The highest BCUT2D eigenvalue weighted by atomic mass is 32.2. The fourth-order valence-electron chi connectivity index (χ4n) is 2.84. The van der Waals surface area contributed by atoms with Crippen LogP contribution in [0.25, 0.3) is 5.69 Å². The smallest absolute Gasteiger partial charge is 0.234 e. The molecule has 0 fully saturated rings. The van der Waals surface area contributed by atoms with Crippen LogP contribution < -0.4 is 14.8 Å². The average molecular weight is 448 g/mol. The van der Waals surface area contributed by atoms with Gasteiger partial charge in [0.1, 0.15) is 17.2 Å². The van der Waals surface area contributed by atoms with Gasteiger partial charge in [0.2, 0.25) is 11.1 Å². The van der Waals surface area contributed by atoms with E-state index in [-0.39, 0.29) is 11.7 Å². The first kappa shape index (κ1) is 21.4. The van der Waals surface area contributed by atoms with Crippen LogP contribution in [0.4, 0.5) is 5.69 Å². The Balaban J connectivity index is 1.31. The second-order valence-electron chi connectivity index (χ2n) is 6.58. The number of benzene rings is 3. The second-order valence-corrected chi connectivity index (χ2v) is 7.52. The summed E-state index contributed by atoms with van der Waals surface area (Å²) in [5, 5.41) is 15.2. The Morgan fingerprint density at radius 3 is 2.34 bits per heavy atom. The molecule has 1 aromatic heterocycles. The van der Waals surface area contributed by atoms with Gasteiger partial charge in [-0.1, -0.05) is 30.0 Å². The van der Waals surface area contributed by atoms with E-state index in [4.69, 9.17) is 9.47 Å². The number of rotatable bonds is 9. The van der Waals surface area contributed by atoms with Crippen molar-refractivity contribution in [3.63, 3.8) is 0 Å². The number of thioether (sulfide) groups is 1. The summed E-state index contributed by atoms with van der Waals surface area (Å²) in [5.74, 6) is 2.23. The molecular weight excluding hydrogens is 426 g/mol. The molecule has 0 aliphatic carbocycles. The van der Waals surface area contributed by atoms with Crippen LogP contribution in [0.3, 0.4) is 0 Å². The van der Waals surface area contributed by atoms with E-state index in [1.165, 1.54) is 11.8 Å². The number of ether oxygens (including phenoxy) is 2. The zero-order valence-corrected chi connectivity index (χ0v) is 18.2. The van der Waals surface area contributed by atoms with Crippen LogP contribution in [-0.2, 0) is 4.79 Å². The molecule has 3 aromatic carbocycles. The van der Waals surface area contributed by atoms with Gasteiger partial charge in [-0.15, -0.1) is 5.10 Å². The summed E-state index contributed by atoms with van der Waals surface area (Å²) in [4.78, 5) is 12.4. The lowest BCUT2D eigenvalue weighted by Gasteiger charge is -2.08. The number of aromatic nitrogens is 4. The highest BCUT2D eigenvalue weighted by Gasteiger charge is 2.12. The minimum Gasteiger partial charge on any atom is -0.494 e. The monoisotopic (exact) mass is 447 g/mol. The molecule has 32 heavy (non-hydrogen) atoms. The predicted octanol–water partition coefficient (Wildman–Crippen LogP) is 4.58. The van der Waals surface area contributed by atoms with Gasteiger partial charge in [0.15, 0.2) is 0 Å². The molecule has 1 amide bonds. The van der Waals surface area contributed by atoms with Crippen molar-refractivity contribution in [2.24, 2.45) is 0 Å². The summed E-state index contributed by atoms with van der Waals surface area (Å²) >= 11 is 1.25. The molecule has 4 rings (SSSR count). The molecule has 8 nitrogen and oxygen atoms in total. The zero-order valence-electron chi connectivity index (χ0n) is 17.3. The number of hydrogen-bond donors (Lipinski definition) is 1. The van der Waals surface area contributed by atoms with Crippen LogP contribution in [0.15, 0.2) is 84.0 Å². The van der Waals surface area contributed by atoms with Crippen molar-refractivity contribution in [2.45, 2.75) is 12.1 Å². The first-order chi connectivity index (χ1) is 15.7. The Hall–Kier alpha value is -3.85. The normalized spacial score (nSPS) is 10.5. The molecule has 0 aliphatic heterocycles. The summed E-state index contributed by atoms with van der Waals surface area (Å²) in [6.45, 7) is 2.53. The van der Waals surface area contributed by atoms with Crippen LogP contribution in [-0.4, -0.2) is 38.5 Å². The minimum atomic E-state index is -0.159. The molecule has 0 bridgehead atoms. The molecule has 4 aromatic rings. The van der Waals surface area contributed by atoms with Gasteiger partial charge in [0.25, 0.3) is 0 Å². The Morgan fingerprint density at radius 1 is 0.938 bits per heavy atom. The lowest BCUT2D eigenvalue weighted by Crippen LogP contribution is -2.14. The molecule has 162 valence electrons. The van der Waals surface area contributed by atoms with Crippen molar-refractivity contribution in [2.75, 3.05) is 17.7 Å². The first-order valence-electron chi connectivity index (χ1n) is 9.98. The maximum absolute atomic E-state index is 12.4. The quantitative estimate of drug-likeness (QED) is 0.375. The molecule has 1 N–H and O–H groups in total. The van der Waals surface area contributed by atoms with Crippen molar-refractivity contribution >= 4 is 23.4 Å². The minimum absolute atomic E-state index is 0.159. The summed E-state index contributed by atoms with van der Waals surface area (Å²) in [5.41, 5.74) is 1.47. The van der Waals surface area contributed by atoms with Gasteiger partial charge in [-0.3, -0.25) is 4.79 Å².